The molecule has 1 aromatic carbocycles. The van der Waals surface area contributed by atoms with Crippen molar-refractivity contribution in [1.29, 1.82) is 0 Å². The predicted octanol–water partition coefficient (Wildman–Crippen LogP) is 3.20. The third-order valence-electron chi connectivity index (χ3n) is 3.69. The molecule has 1 atom stereocenters. The summed E-state index contributed by atoms with van der Waals surface area (Å²) in [6.45, 7) is 6.51. The van der Waals surface area contributed by atoms with Crippen molar-refractivity contribution in [1.82, 2.24) is 10.2 Å². The van der Waals surface area contributed by atoms with Crippen LogP contribution in [0.5, 0.6) is 0 Å². The normalized spacial score (nSPS) is 20.6. The van der Waals surface area contributed by atoms with Gasteiger partial charge in [0, 0.05) is 42.0 Å². The first-order valence-electron chi connectivity index (χ1n) is 6.88. The van der Waals surface area contributed by atoms with Gasteiger partial charge < -0.3 is 5.32 Å². The molecule has 0 amide bonds. The van der Waals surface area contributed by atoms with Crippen LogP contribution >= 0.6 is 11.3 Å². The first-order valence-corrected chi connectivity index (χ1v) is 7.69. The van der Waals surface area contributed by atoms with E-state index in [1.54, 1.807) is 0 Å². The maximum Gasteiger partial charge on any atom is 0.0477 e. The molecule has 2 aromatic rings. The third kappa shape index (κ3) is 3.06. The fraction of sp³-hybridized carbons (Fsp3) is 0.375. The van der Waals surface area contributed by atoms with E-state index in [4.69, 9.17) is 0 Å². The lowest BCUT2D eigenvalue weighted by atomic mass is 10.0. The highest BCUT2D eigenvalue weighted by Crippen LogP contribution is 2.26. The van der Waals surface area contributed by atoms with E-state index in [1.807, 2.05) is 11.3 Å². The van der Waals surface area contributed by atoms with Crippen molar-refractivity contribution in [2.75, 3.05) is 19.6 Å². The molecule has 1 fully saturated rings. The van der Waals surface area contributed by atoms with Crippen LogP contribution in [0.4, 0.5) is 0 Å². The van der Waals surface area contributed by atoms with Crippen molar-refractivity contribution in [2.24, 2.45) is 0 Å². The number of hydrogen-bond donors (Lipinski definition) is 1. The smallest absolute Gasteiger partial charge is 0.0477 e. The molecule has 100 valence electrons. The van der Waals surface area contributed by atoms with Gasteiger partial charge in [0.25, 0.3) is 0 Å². The van der Waals surface area contributed by atoms with E-state index >= 15 is 0 Å². The van der Waals surface area contributed by atoms with Crippen molar-refractivity contribution >= 4 is 11.3 Å². The molecule has 0 bridgehead atoms. The molecule has 3 heteroatoms. The molecule has 0 aliphatic carbocycles. The SMILES string of the molecule is Cc1ccc(CN2CCNCC2c2ccccc2)s1. The first kappa shape index (κ1) is 12.9. The number of piperazine rings is 1. The minimum atomic E-state index is 0.498. The van der Waals surface area contributed by atoms with Crippen LogP contribution < -0.4 is 5.32 Å². The number of nitrogens with one attached hydrogen (secondary N) is 1. The van der Waals surface area contributed by atoms with Crippen LogP contribution in [0.3, 0.4) is 0 Å². The Labute approximate surface area is 119 Å². The molecule has 1 saturated heterocycles. The Balaban J connectivity index is 1.77. The lowest BCUT2D eigenvalue weighted by molar-refractivity contribution is 0.155. The maximum absolute atomic E-state index is 3.52. The van der Waals surface area contributed by atoms with Crippen LogP contribution in [-0.2, 0) is 6.54 Å². The number of thiophene rings is 1. The van der Waals surface area contributed by atoms with Crippen LogP contribution in [0, 0.1) is 6.92 Å². The molecule has 19 heavy (non-hydrogen) atoms. The van der Waals surface area contributed by atoms with Gasteiger partial charge in [0.2, 0.25) is 0 Å². The fourth-order valence-corrected chi connectivity index (χ4v) is 3.63. The van der Waals surface area contributed by atoms with E-state index in [2.05, 4.69) is 59.6 Å². The summed E-state index contributed by atoms with van der Waals surface area (Å²) in [5, 5.41) is 3.52. The summed E-state index contributed by atoms with van der Waals surface area (Å²) in [6.07, 6.45) is 0. The van der Waals surface area contributed by atoms with Gasteiger partial charge in [-0.2, -0.15) is 0 Å². The summed E-state index contributed by atoms with van der Waals surface area (Å²) in [4.78, 5) is 5.47. The van der Waals surface area contributed by atoms with Crippen LogP contribution in [0.2, 0.25) is 0 Å². The van der Waals surface area contributed by atoms with Crippen molar-refractivity contribution in [3.63, 3.8) is 0 Å². The van der Waals surface area contributed by atoms with Gasteiger partial charge in [-0.1, -0.05) is 30.3 Å². The maximum atomic E-state index is 3.52. The largest absolute Gasteiger partial charge is 0.314 e. The Morgan fingerprint density at radius 1 is 1.21 bits per heavy atom. The zero-order valence-corrected chi connectivity index (χ0v) is 12.1. The standard InChI is InChI=1S/C16H20N2S/c1-13-7-8-15(19-13)12-18-10-9-17-11-16(18)14-5-3-2-4-6-14/h2-8,16-17H,9-12H2,1H3. The van der Waals surface area contributed by atoms with E-state index in [-0.39, 0.29) is 0 Å². The summed E-state index contributed by atoms with van der Waals surface area (Å²) in [5.74, 6) is 0. The summed E-state index contributed by atoms with van der Waals surface area (Å²) in [6, 6.07) is 15.8. The minimum Gasteiger partial charge on any atom is -0.314 e. The van der Waals surface area contributed by atoms with Gasteiger partial charge in [-0.15, -0.1) is 11.3 Å². The van der Waals surface area contributed by atoms with Crippen LogP contribution in [0.15, 0.2) is 42.5 Å². The second-order valence-corrected chi connectivity index (χ2v) is 6.49. The summed E-state index contributed by atoms with van der Waals surface area (Å²) in [7, 11) is 0. The molecule has 1 aliphatic heterocycles. The predicted molar refractivity (Wildman–Crippen MR) is 81.5 cm³/mol. The molecular formula is C16H20N2S. The summed E-state index contributed by atoms with van der Waals surface area (Å²) >= 11 is 1.92. The molecule has 1 aliphatic rings. The average molecular weight is 272 g/mol. The van der Waals surface area contributed by atoms with Crippen molar-refractivity contribution in [3.8, 4) is 0 Å². The van der Waals surface area contributed by atoms with Gasteiger partial charge in [0.15, 0.2) is 0 Å². The van der Waals surface area contributed by atoms with Crippen LogP contribution in [0.1, 0.15) is 21.4 Å². The zero-order chi connectivity index (χ0) is 13.1. The van der Waals surface area contributed by atoms with Crippen molar-refractivity contribution in [2.45, 2.75) is 19.5 Å². The topological polar surface area (TPSA) is 15.3 Å². The number of benzene rings is 1. The van der Waals surface area contributed by atoms with E-state index < -0.39 is 0 Å². The van der Waals surface area contributed by atoms with E-state index in [1.165, 1.54) is 15.3 Å². The van der Waals surface area contributed by atoms with Gasteiger partial charge in [-0.3, -0.25) is 4.90 Å². The number of hydrogen-bond acceptors (Lipinski definition) is 3. The van der Waals surface area contributed by atoms with Crippen LogP contribution in [-0.4, -0.2) is 24.5 Å². The highest BCUT2D eigenvalue weighted by atomic mass is 32.1. The average Bonchev–Trinajstić information content (AvgIpc) is 2.86. The van der Waals surface area contributed by atoms with E-state index in [0.717, 1.165) is 26.2 Å². The third-order valence-corrected chi connectivity index (χ3v) is 4.68. The molecule has 3 rings (SSSR count). The monoisotopic (exact) mass is 272 g/mol. The highest BCUT2D eigenvalue weighted by molar-refractivity contribution is 7.11. The molecule has 2 heterocycles. The second kappa shape index (κ2) is 5.87. The first-order chi connectivity index (χ1) is 9.33. The van der Waals surface area contributed by atoms with Crippen molar-refractivity contribution < 1.29 is 0 Å². The molecule has 1 unspecified atom stereocenters. The number of aryl methyl sites for hydroxylation is 1. The van der Waals surface area contributed by atoms with Gasteiger partial charge >= 0.3 is 0 Å². The molecule has 0 saturated carbocycles. The Morgan fingerprint density at radius 3 is 2.79 bits per heavy atom. The van der Waals surface area contributed by atoms with Gasteiger partial charge in [0.05, 0.1) is 0 Å². The Kier molecular flexibility index (Phi) is 3.97. The van der Waals surface area contributed by atoms with E-state index in [0.29, 0.717) is 6.04 Å². The van der Waals surface area contributed by atoms with E-state index in [9.17, 15) is 0 Å². The minimum absolute atomic E-state index is 0.498. The molecule has 1 aromatic heterocycles. The molecule has 2 nitrogen and oxygen atoms in total. The van der Waals surface area contributed by atoms with Gasteiger partial charge in [-0.05, 0) is 24.6 Å². The van der Waals surface area contributed by atoms with Crippen LogP contribution in [0.25, 0.3) is 0 Å². The molecule has 0 spiro atoms. The Bertz CT molecular complexity index is 521. The lowest BCUT2D eigenvalue weighted by Crippen LogP contribution is -2.45. The number of rotatable bonds is 3. The Hall–Kier alpha value is -1.16. The Morgan fingerprint density at radius 2 is 2.05 bits per heavy atom. The van der Waals surface area contributed by atoms with Gasteiger partial charge in [0.1, 0.15) is 0 Å². The molecule has 0 radical (unpaired) electrons. The molecular weight excluding hydrogens is 252 g/mol. The zero-order valence-electron chi connectivity index (χ0n) is 11.3. The van der Waals surface area contributed by atoms with Crippen molar-refractivity contribution in [3.05, 3.63) is 57.8 Å². The second-order valence-electron chi connectivity index (χ2n) is 5.11. The molecule has 1 N–H and O–H groups in total. The van der Waals surface area contributed by atoms with Gasteiger partial charge in [-0.25, -0.2) is 0 Å². The summed E-state index contributed by atoms with van der Waals surface area (Å²) < 4.78 is 0. The fourth-order valence-electron chi connectivity index (χ4n) is 2.71. The number of nitrogens with zero attached hydrogens (tertiary/aromatic N) is 1. The lowest BCUT2D eigenvalue weighted by Gasteiger charge is -2.36. The highest BCUT2D eigenvalue weighted by Gasteiger charge is 2.23. The summed E-state index contributed by atoms with van der Waals surface area (Å²) in [5.41, 5.74) is 1.42. The quantitative estimate of drug-likeness (QED) is 0.923.